The average Bonchev–Trinajstić information content (AvgIpc) is 2.20. The van der Waals surface area contributed by atoms with Crippen LogP contribution in [0.5, 0.6) is 0 Å². The first kappa shape index (κ1) is 11.7. The highest BCUT2D eigenvalue weighted by molar-refractivity contribution is 9.10. The number of hydrogen-bond acceptors (Lipinski definition) is 1. The molecule has 1 aromatic carbocycles. The Hall–Kier alpha value is -0.340. The van der Waals surface area contributed by atoms with Crippen LogP contribution in [0, 0.1) is 5.92 Å². The maximum atomic E-state index is 9.83. The zero-order valence-electron chi connectivity index (χ0n) is 8.70. The van der Waals surface area contributed by atoms with Gasteiger partial charge in [-0.25, -0.2) is 0 Å². The van der Waals surface area contributed by atoms with Crippen molar-refractivity contribution >= 4 is 15.9 Å². The normalized spacial score (nSPS) is 15.1. The minimum absolute atomic E-state index is 0.221. The van der Waals surface area contributed by atoms with Crippen LogP contribution in [0.2, 0.25) is 0 Å². The summed E-state index contributed by atoms with van der Waals surface area (Å²) < 4.78 is 1.08. The van der Waals surface area contributed by atoms with Crippen molar-refractivity contribution in [2.45, 2.75) is 32.8 Å². The van der Waals surface area contributed by atoms with Gasteiger partial charge in [0.05, 0.1) is 6.10 Å². The Balaban J connectivity index is 2.56. The van der Waals surface area contributed by atoms with Crippen LogP contribution < -0.4 is 0 Å². The topological polar surface area (TPSA) is 20.2 Å². The van der Waals surface area contributed by atoms with E-state index in [2.05, 4.69) is 41.9 Å². The lowest BCUT2D eigenvalue weighted by Gasteiger charge is -2.16. The summed E-state index contributed by atoms with van der Waals surface area (Å²) in [6.45, 7) is 4.19. The van der Waals surface area contributed by atoms with E-state index in [4.69, 9.17) is 0 Å². The second-order valence-electron chi connectivity index (χ2n) is 3.78. The van der Waals surface area contributed by atoms with Crippen LogP contribution >= 0.6 is 15.9 Å². The molecule has 2 unspecified atom stereocenters. The molecule has 0 radical (unpaired) electrons. The molecule has 0 heterocycles. The minimum atomic E-state index is -0.221. The Bertz CT molecular complexity index is 268. The summed E-state index contributed by atoms with van der Waals surface area (Å²) in [6, 6.07) is 8.13. The molecule has 0 saturated heterocycles. The van der Waals surface area contributed by atoms with Crippen molar-refractivity contribution in [2.75, 3.05) is 0 Å². The fourth-order valence-corrected chi connectivity index (χ4v) is 1.60. The third-order valence-corrected chi connectivity index (χ3v) is 3.19. The fourth-order valence-electron chi connectivity index (χ4n) is 1.34. The van der Waals surface area contributed by atoms with Crippen molar-refractivity contribution in [2.24, 2.45) is 5.92 Å². The van der Waals surface area contributed by atoms with Gasteiger partial charge in [-0.05, 0) is 30.0 Å². The first-order chi connectivity index (χ1) is 6.63. The highest BCUT2D eigenvalue weighted by Crippen LogP contribution is 2.15. The van der Waals surface area contributed by atoms with E-state index in [9.17, 15) is 5.11 Å². The van der Waals surface area contributed by atoms with Gasteiger partial charge in [0.15, 0.2) is 0 Å². The molecule has 0 aliphatic rings. The Morgan fingerprint density at radius 2 is 1.86 bits per heavy atom. The van der Waals surface area contributed by atoms with Gasteiger partial charge in [-0.15, -0.1) is 0 Å². The smallest absolute Gasteiger partial charge is 0.0605 e. The Morgan fingerprint density at radius 3 is 2.36 bits per heavy atom. The van der Waals surface area contributed by atoms with Crippen LogP contribution in [0.1, 0.15) is 25.8 Å². The van der Waals surface area contributed by atoms with Crippen molar-refractivity contribution in [1.29, 1.82) is 0 Å². The lowest BCUT2D eigenvalue weighted by molar-refractivity contribution is 0.115. The molecule has 0 fully saturated rings. The van der Waals surface area contributed by atoms with E-state index in [-0.39, 0.29) is 6.10 Å². The van der Waals surface area contributed by atoms with Crippen molar-refractivity contribution in [3.63, 3.8) is 0 Å². The van der Waals surface area contributed by atoms with Gasteiger partial charge in [-0.3, -0.25) is 0 Å². The molecular weight excluding hydrogens is 240 g/mol. The average molecular weight is 257 g/mol. The van der Waals surface area contributed by atoms with Crippen LogP contribution in [0.3, 0.4) is 0 Å². The van der Waals surface area contributed by atoms with E-state index in [0.717, 1.165) is 17.3 Å². The van der Waals surface area contributed by atoms with Crippen LogP contribution in [0.4, 0.5) is 0 Å². The minimum Gasteiger partial charge on any atom is -0.393 e. The predicted molar refractivity (Wildman–Crippen MR) is 63.3 cm³/mol. The van der Waals surface area contributed by atoms with Gasteiger partial charge in [-0.2, -0.15) is 0 Å². The Labute approximate surface area is 94.3 Å². The molecule has 0 aromatic heterocycles. The van der Waals surface area contributed by atoms with E-state index < -0.39 is 0 Å². The van der Waals surface area contributed by atoms with Gasteiger partial charge in [-0.1, -0.05) is 48.3 Å². The number of aliphatic hydroxyl groups excluding tert-OH is 1. The SMILES string of the molecule is CCC(C)C(O)Cc1ccc(Br)cc1. The highest BCUT2D eigenvalue weighted by Gasteiger charge is 2.12. The summed E-state index contributed by atoms with van der Waals surface area (Å²) in [5, 5.41) is 9.83. The van der Waals surface area contributed by atoms with Crippen LogP contribution in [0.25, 0.3) is 0 Å². The molecule has 0 saturated carbocycles. The maximum Gasteiger partial charge on any atom is 0.0605 e. The van der Waals surface area contributed by atoms with Crippen LogP contribution in [0.15, 0.2) is 28.7 Å². The number of rotatable bonds is 4. The number of benzene rings is 1. The first-order valence-corrected chi connectivity index (χ1v) is 5.85. The molecule has 0 bridgehead atoms. The molecule has 0 aliphatic carbocycles. The summed E-state index contributed by atoms with van der Waals surface area (Å²) in [5.41, 5.74) is 1.20. The van der Waals surface area contributed by atoms with Gasteiger partial charge in [0.25, 0.3) is 0 Å². The van der Waals surface area contributed by atoms with E-state index in [1.807, 2.05) is 12.1 Å². The third kappa shape index (κ3) is 3.43. The summed E-state index contributed by atoms with van der Waals surface area (Å²) >= 11 is 3.39. The van der Waals surface area contributed by atoms with Crippen LogP contribution in [-0.4, -0.2) is 11.2 Å². The quantitative estimate of drug-likeness (QED) is 0.876. The van der Waals surface area contributed by atoms with E-state index in [1.165, 1.54) is 5.56 Å². The van der Waals surface area contributed by atoms with Gasteiger partial charge >= 0.3 is 0 Å². The fraction of sp³-hybridized carbons (Fsp3) is 0.500. The number of halogens is 1. The zero-order chi connectivity index (χ0) is 10.6. The van der Waals surface area contributed by atoms with Crippen molar-refractivity contribution in [1.82, 2.24) is 0 Å². The molecule has 1 nitrogen and oxygen atoms in total. The van der Waals surface area contributed by atoms with E-state index in [0.29, 0.717) is 5.92 Å². The summed E-state index contributed by atoms with van der Waals surface area (Å²) in [6.07, 6.45) is 1.56. The highest BCUT2D eigenvalue weighted by atomic mass is 79.9. The molecule has 78 valence electrons. The molecule has 1 N–H and O–H groups in total. The lowest BCUT2D eigenvalue weighted by Crippen LogP contribution is -2.19. The standard InChI is InChI=1S/C12H17BrO/c1-3-9(2)12(14)8-10-4-6-11(13)7-5-10/h4-7,9,12,14H,3,8H2,1-2H3. The Morgan fingerprint density at radius 1 is 1.29 bits per heavy atom. The second kappa shape index (κ2) is 5.52. The van der Waals surface area contributed by atoms with Gasteiger partial charge in [0.1, 0.15) is 0 Å². The molecule has 0 spiro atoms. The van der Waals surface area contributed by atoms with E-state index in [1.54, 1.807) is 0 Å². The molecule has 14 heavy (non-hydrogen) atoms. The third-order valence-electron chi connectivity index (χ3n) is 2.66. The molecular formula is C12H17BrO. The second-order valence-corrected chi connectivity index (χ2v) is 4.70. The Kier molecular flexibility index (Phi) is 4.63. The summed E-state index contributed by atoms with van der Waals surface area (Å²) in [5.74, 6) is 0.374. The van der Waals surface area contributed by atoms with Gasteiger partial charge < -0.3 is 5.11 Å². The molecule has 0 amide bonds. The molecule has 2 heteroatoms. The van der Waals surface area contributed by atoms with Gasteiger partial charge in [0.2, 0.25) is 0 Å². The number of aliphatic hydroxyl groups is 1. The van der Waals surface area contributed by atoms with Crippen molar-refractivity contribution in [3.8, 4) is 0 Å². The molecule has 0 aliphatic heterocycles. The monoisotopic (exact) mass is 256 g/mol. The van der Waals surface area contributed by atoms with Crippen molar-refractivity contribution < 1.29 is 5.11 Å². The summed E-state index contributed by atoms with van der Waals surface area (Å²) in [7, 11) is 0. The largest absolute Gasteiger partial charge is 0.393 e. The maximum absolute atomic E-state index is 9.83. The molecule has 1 aromatic rings. The van der Waals surface area contributed by atoms with Crippen molar-refractivity contribution in [3.05, 3.63) is 34.3 Å². The molecule has 2 atom stereocenters. The zero-order valence-corrected chi connectivity index (χ0v) is 10.3. The number of hydrogen-bond donors (Lipinski definition) is 1. The van der Waals surface area contributed by atoms with E-state index >= 15 is 0 Å². The van der Waals surface area contributed by atoms with Gasteiger partial charge in [0, 0.05) is 4.47 Å². The lowest BCUT2D eigenvalue weighted by atomic mass is 9.96. The summed E-state index contributed by atoms with van der Waals surface area (Å²) in [4.78, 5) is 0. The first-order valence-electron chi connectivity index (χ1n) is 5.06. The molecule has 1 rings (SSSR count). The predicted octanol–water partition coefficient (Wildman–Crippen LogP) is 3.40. The van der Waals surface area contributed by atoms with Crippen LogP contribution in [-0.2, 0) is 6.42 Å².